The number of rotatable bonds is 0. The molecule has 0 saturated heterocycles. The number of fused-ring (bicyclic) bond motifs is 1. The molecule has 0 aliphatic carbocycles. The van der Waals surface area contributed by atoms with Gasteiger partial charge >= 0.3 is 0 Å². The van der Waals surface area contributed by atoms with E-state index in [1.165, 1.54) is 11.5 Å². The van der Waals surface area contributed by atoms with Gasteiger partial charge in [0, 0.05) is 5.39 Å². The average Bonchev–Trinajstić information content (AvgIpc) is 2.35. The van der Waals surface area contributed by atoms with E-state index in [0.717, 1.165) is 15.8 Å². The van der Waals surface area contributed by atoms with E-state index < -0.39 is 0 Å². The summed E-state index contributed by atoms with van der Waals surface area (Å²) in [4.78, 5) is 0. The smallest absolute Gasteiger partial charge is 0.126 e. The molecule has 1 nitrogen and oxygen atoms in total. The van der Waals surface area contributed by atoms with Crippen molar-refractivity contribution in [1.82, 2.24) is 4.37 Å². The van der Waals surface area contributed by atoms with Crippen LogP contribution in [0.4, 0.5) is 4.39 Å². The van der Waals surface area contributed by atoms with Gasteiger partial charge < -0.3 is 0 Å². The minimum atomic E-state index is -0.147. The number of halogens is 1. The van der Waals surface area contributed by atoms with Crippen molar-refractivity contribution < 1.29 is 4.39 Å². The van der Waals surface area contributed by atoms with Gasteiger partial charge in [0.25, 0.3) is 0 Å². The van der Waals surface area contributed by atoms with Crippen molar-refractivity contribution in [1.29, 1.82) is 0 Å². The molecule has 2 aromatic rings. The van der Waals surface area contributed by atoms with Crippen molar-refractivity contribution in [3.63, 3.8) is 0 Å². The van der Waals surface area contributed by atoms with E-state index in [2.05, 4.69) is 4.37 Å². The third kappa shape index (κ3) is 1.01. The zero-order valence-electron chi connectivity index (χ0n) is 6.89. The molecule has 0 spiro atoms. The predicted octanol–water partition coefficient (Wildman–Crippen LogP) is 3.05. The van der Waals surface area contributed by atoms with Crippen LogP contribution < -0.4 is 0 Å². The Morgan fingerprint density at radius 1 is 1.33 bits per heavy atom. The molecule has 0 radical (unpaired) electrons. The summed E-state index contributed by atoms with van der Waals surface area (Å²) in [7, 11) is 0. The van der Waals surface area contributed by atoms with Crippen LogP contribution in [0.2, 0.25) is 0 Å². The molecule has 0 aliphatic rings. The van der Waals surface area contributed by atoms with Gasteiger partial charge in [0.05, 0.1) is 10.4 Å². The number of hydrogen-bond donors (Lipinski definition) is 0. The largest absolute Gasteiger partial charge is 0.207 e. The lowest BCUT2D eigenvalue weighted by molar-refractivity contribution is 0.620. The SMILES string of the molecule is Cc1cc2snc(C)c2cc1F. The average molecular weight is 181 g/mol. The first-order valence-corrected chi connectivity index (χ1v) is 4.48. The van der Waals surface area contributed by atoms with Crippen LogP contribution in [0.15, 0.2) is 12.1 Å². The summed E-state index contributed by atoms with van der Waals surface area (Å²) < 4.78 is 18.3. The number of nitrogens with zero attached hydrogens (tertiary/aromatic N) is 1. The van der Waals surface area contributed by atoms with Crippen molar-refractivity contribution >= 4 is 21.6 Å². The summed E-state index contributed by atoms with van der Waals surface area (Å²) >= 11 is 1.42. The van der Waals surface area contributed by atoms with Gasteiger partial charge in [-0.1, -0.05) is 0 Å². The van der Waals surface area contributed by atoms with Crippen LogP contribution in [-0.2, 0) is 0 Å². The molecule has 0 N–H and O–H groups in total. The van der Waals surface area contributed by atoms with E-state index in [9.17, 15) is 4.39 Å². The molecule has 0 unspecified atom stereocenters. The number of aryl methyl sites for hydroxylation is 2. The van der Waals surface area contributed by atoms with Crippen LogP contribution in [0.1, 0.15) is 11.3 Å². The van der Waals surface area contributed by atoms with Gasteiger partial charge in [-0.05, 0) is 43.1 Å². The molecular weight excluding hydrogens is 173 g/mol. The van der Waals surface area contributed by atoms with Gasteiger partial charge in [-0.2, -0.15) is 4.37 Å². The maximum atomic E-state index is 13.1. The predicted molar refractivity (Wildman–Crippen MR) is 49.1 cm³/mol. The third-order valence-corrected chi connectivity index (χ3v) is 2.83. The molecule has 0 saturated carbocycles. The zero-order chi connectivity index (χ0) is 8.72. The Hall–Kier alpha value is -0.960. The summed E-state index contributed by atoms with van der Waals surface area (Å²) in [6.07, 6.45) is 0. The summed E-state index contributed by atoms with van der Waals surface area (Å²) in [6, 6.07) is 3.40. The Balaban J connectivity index is 2.87. The second-order valence-electron chi connectivity index (χ2n) is 2.87. The van der Waals surface area contributed by atoms with Gasteiger partial charge in [-0.15, -0.1) is 0 Å². The Bertz CT molecular complexity index is 433. The number of benzene rings is 1. The molecule has 0 bridgehead atoms. The highest BCUT2D eigenvalue weighted by atomic mass is 32.1. The van der Waals surface area contributed by atoms with Crippen molar-refractivity contribution in [3.05, 3.63) is 29.2 Å². The summed E-state index contributed by atoms with van der Waals surface area (Å²) in [6.45, 7) is 3.66. The van der Waals surface area contributed by atoms with E-state index in [0.29, 0.717) is 5.56 Å². The molecular formula is C9H8FNS. The van der Waals surface area contributed by atoms with E-state index in [4.69, 9.17) is 0 Å². The van der Waals surface area contributed by atoms with Gasteiger partial charge in [0.2, 0.25) is 0 Å². The van der Waals surface area contributed by atoms with Crippen LogP contribution in [-0.4, -0.2) is 4.37 Å². The van der Waals surface area contributed by atoms with E-state index in [1.54, 1.807) is 13.0 Å². The maximum absolute atomic E-state index is 13.1. The molecule has 0 amide bonds. The molecule has 0 atom stereocenters. The molecule has 0 aliphatic heterocycles. The minimum Gasteiger partial charge on any atom is -0.207 e. The van der Waals surface area contributed by atoms with Crippen molar-refractivity contribution in [3.8, 4) is 0 Å². The lowest BCUT2D eigenvalue weighted by atomic mass is 10.1. The lowest BCUT2D eigenvalue weighted by Crippen LogP contribution is -1.80. The van der Waals surface area contributed by atoms with Crippen LogP contribution >= 0.6 is 11.5 Å². The molecule has 1 heterocycles. The third-order valence-electron chi connectivity index (χ3n) is 1.93. The minimum absolute atomic E-state index is 0.147. The van der Waals surface area contributed by atoms with Crippen molar-refractivity contribution in [2.75, 3.05) is 0 Å². The van der Waals surface area contributed by atoms with Gasteiger partial charge in [-0.3, -0.25) is 0 Å². The lowest BCUT2D eigenvalue weighted by Gasteiger charge is -1.95. The van der Waals surface area contributed by atoms with Gasteiger partial charge in [0.15, 0.2) is 0 Å². The highest BCUT2D eigenvalue weighted by Crippen LogP contribution is 2.24. The first-order valence-electron chi connectivity index (χ1n) is 3.70. The van der Waals surface area contributed by atoms with Gasteiger partial charge in [-0.25, -0.2) is 4.39 Å². The monoisotopic (exact) mass is 181 g/mol. The summed E-state index contributed by atoms with van der Waals surface area (Å²) in [5.74, 6) is -0.147. The Labute approximate surface area is 74.0 Å². The summed E-state index contributed by atoms with van der Waals surface area (Å²) in [5.41, 5.74) is 1.60. The normalized spacial score (nSPS) is 10.9. The van der Waals surface area contributed by atoms with Crippen molar-refractivity contribution in [2.45, 2.75) is 13.8 Å². The summed E-state index contributed by atoms with van der Waals surface area (Å²) in [5, 5.41) is 0.933. The van der Waals surface area contributed by atoms with E-state index in [-0.39, 0.29) is 5.82 Å². The second-order valence-corrected chi connectivity index (χ2v) is 3.67. The fourth-order valence-corrected chi connectivity index (χ4v) is 2.05. The number of hydrogen-bond acceptors (Lipinski definition) is 2. The van der Waals surface area contributed by atoms with E-state index in [1.807, 2.05) is 13.0 Å². The van der Waals surface area contributed by atoms with Crippen LogP contribution in [0, 0.1) is 19.7 Å². The molecule has 2 rings (SSSR count). The van der Waals surface area contributed by atoms with Crippen LogP contribution in [0.5, 0.6) is 0 Å². The quantitative estimate of drug-likeness (QED) is 0.608. The standard InChI is InChI=1S/C9H8FNS/c1-5-3-9-7(4-8(5)10)6(2)11-12-9/h3-4H,1-2H3. The molecule has 12 heavy (non-hydrogen) atoms. The number of aromatic nitrogens is 1. The highest BCUT2D eigenvalue weighted by Gasteiger charge is 2.05. The van der Waals surface area contributed by atoms with Crippen LogP contribution in [0.25, 0.3) is 10.1 Å². The maximum Gasteiger partial charge on any atom is 0.126 e. The van der Waals surface area contributed by atoms with E-state index >= 15 is 0 Å². The van der Waals surface area contributed by atoms with Crippen LogP contribution in [0.3, 0.4) is 0 Å². The molecule has 1 aromatic carbocycles. The molecule has 0 fully saturated rings. The Morgan fingerprint density at radius 3 is 2.83 bits per heavy atom. The van der Waals surface area contributed by atoms with Gasteiger partial charge in [0.1, 0.15) is 5.82 Å². The zero-order valence-corrected chi connectivity index (χ0v) is 7.70. The van der Waals surface area contributed by atoms with Crippen molar-refractivity contribution in [2.24, 2.45) is 0 Å². The Kier molecular flexibility index (Phi) is 1.61. The molecule has 62 valence electrons. The topological polar surface area (TPSA) is 12.9 Å². The first kappa shape index (κ1) is 7.68. The fraction of sp³-hybridized carbons (Fsp3) is 0.222. The second kappa shape index (κ2) is 2.52. The molecule has 3 heteroatoms. The fourth-order valence-electron chi connectivity index (χ4n) is 1.18. The Morgan fingerprint density at radius 2 is 2.08 bits per heavy atom. The molecule has 1 aromatic heterocycles. The first-order chi connectivity index (χ1) is 5.68. The highest BCUT2D eigenvalue weighted by molar-refractivity contribution is 7.13.